The predicted octanol–water partition coefficient (Wildman–Crippen LogP) is 3.52. The van der Waals surface area contributed by atoms with Crippen molar-refractivity contribution in [1.82, 2.24) is 24.6 Å². The molecule has 1 saturated heterocycles. The maximum atomic E-state index is 13.4. The first-order valence-electron chi connectivity index (χ1n) is 10.5. The van der Waals surface area contributed by atoms with Gasteiger partial charge in [0, 0.05) is 18.3 Å². The quantitative estimate of drug-likeness (QED) is 0.740. The number of nitrogens with zero attached hydrogens (tertiary/aromatic N) is 4. The lowest BCUT2D eigenvalue weighted by atomic mass is 10.1. The lowest BCUT2D eigenvalue weighted by Crippen LogP contribution is -2.36. The van der Waals surface area contributed by atoms with E-state index in [-0.39, 0.29) is 23.6 Å². The van der Waals surface area contributed by atoms with Crippen molar-refractivity contribution >= 4 is 16.8 Å². The molecule has 0 bridgehead atoms. The van der Waals surface area contributed by atoms with Gasteiger partial charge in [0.25, 0.3) is 11.5 Å². The molecule has 0 radical (unpaired) electrons. The maximum absolute atomic E-state index is 13.4. The van der Waals surface area contributed by atoms with E-state index in [2.05, 4.69) is 10.2 Å². The number of fused-ring (bicyclic) bond motifs is 1. The minimum absolute atomic E-state index is 0.0208. The molecule has 1 amide bonds. The average Bonchev–Trinajstić information content (AvgIpc) is 3.49. The fourth-order valence-corrected chi connectivity index (χ4v) is 4.87. The topological polar surface area (TPSA) is 83.9 Å². The van der Waals surface area contributed by atoms with Crippen molar-refractivity contribution in [3.63, 3.8) is 0 Å². The van der Waals surface area contributed by atoms with Crippen LogP contribution in [0, 0.1) is 6.92 Å². The van der Waals surface area contributed by atoms with Crippen molar-refractivity contribution in [2.75, 3.05) is 6.54 Å². The van der Waals surface area contributed by atoms with Crippen LogP contribution >= 0.6 is 0 Å². The Morgan fingerprint density at radius 3 is 2.69 bits per heavy atom. The summed E-state index contributed by atoms with van der Waals surface area (Å²) in [4.78, 5) is 33.4. The van der Waals surface area contributed by atoms with Crippen LogP contribution in [-0.2, 0) is 0 Å². The number of hydrogen-bond acceptors (Lipinski definition) is 4. The third-order valence-electron chi connectivity index (χ3n) is 6.26. The highest BCUT2D eigenvalue weighted by Gasteiger charge is 2.36. The highest BCUT2D eigenvalue weighted by Crippen LogP contribution is 2.36. The van der Waals surface area contributed by atoms with E-state index in [1.807, 2.05) is 40.7 Å². The van der Waals surface area contributed by atoms with Gasteiger partial charge in [0.1, 0.15) is 11.5 Å². The van der Waals surface area contributed by atoms with Gasteiger partial charge in [-0.3, -0.25) is 19.3 Å². The number of likely N-dealkylation sites (tertiary alicyclic amines) is 1. The molecule has 7 nitrogen and oxygen atoms in total. The zero-order chi connectivity index (χ0) is 20.0. The number of aromatic amines is 1. The van der Waals surface area contributed by atoms with Crippen molar-refractivity contribution in [3.05, 3.63) is 57.9 Å². The largest absolute Gasteiger partial charge is 0.327 e. The zero-order valence-electron chi connectivity index (χ0n) is 16.6. The molecule has 1 atom stereocenters. The molecule has 2 aliphatic rings. The minimum atomic E-state index is -0.197. The Balaban J connectivity index is 1.63. The van der Waals surface area contributed by atoms with Gasteiger partial charge in [0.05, 0.1) is 16.9 Å². The van der Waals surface area contributed by atoms with Crippen molar-refractivity contribution in [3.8, 4) is 0 Å². The number of rotatable bonds is 3. The molecule has 3 heterocycles. The number of aromatic nitrogens is 4. The van der Waals surface area contributed by atoms with Gasteiger partial charge in [-0.2, -0.15) is 5.10 Å². The lowest BCUT2D eigenvalue weighted by molar-refractivity contribution is 0.0719. The van der Waals surface area contributed by atoms with E-state index in [0.717, 1.165) is 50.0 Å². The van der Waals surface area contributed by atoms with E-state index in [9.17, 15) is 9.59 Å². The molecule has 3 aromatic rings. The molecule has 29 heavy (non-hydrogen) atoms. The minimum Gasteiger partial charge on any atom is -0.327 e. The number of para-hydroxylation sites is 1. The molecule has 1 saturated carbocycles. The smallest absolute Gasteiger partial charge is 0.274 e. The summed E-state index contributed by atoms with van der Waals surface area (Å²) < 4.78 is 1.90. The standard InChI is InChI=1S/C22H25N5O2/c1-14-13-18(25-24-14)22(29)26-12-6-11-19(26)20-23-17-10-5-4-9-16(17)21(28)27(20)15-7-2-3-8-15/h4-5,9-10,13,15,19H,2-3,6-8,11-12H2,1H3,(H,24,25). The van der Waals surface area contributed by atoms with Crippen LogP contribution in [0.2, 0.25) is 0 Å². The number of carbonyl (C=O) groups excluding carboxylic acids is 1. The van der Waals surface area contributed by atoms with E-state index in [1.165, 1.54) is 0 Å². The van der Waals surface area contributed by atoms with Crippen LogP contribution < -0.4 is 5.56 Å². The van der Waals surface area contributed by atoms with Crippen LogP contribution in [0.4, 0.5) is 0 Å². The third-order valence-corrected chi connectivity index (χ3v) is 6.26. The fourth-order valence-electron chi connectivity index (χ4n) is 4.87. The molecule has 1 aliphatic heterocycles. The summed E-state index contributed by atoms with van der Waals surface area (Å²) in [5, 5.41) is 7.65. The molecular formula is C22H25N5O2. The van der Waals surface area contributed by atoms with E-state index < -0.39 is 0 Å². The summed E-state index contributed by atoms with van der Waals surface area (Å²) in [6.07, 6.45) is 5.95. The number of hydrogen-bond donors (Lipinski definition) is 1. The van der Waals surface area contributed by atoms with E-state index in [1.54, 1.807) is 6.07 Å². The lowest BCUT2D eigenvalue weighted by Gasteiger charge is -2.28. The number of carbonyl (C=O) groups is 1. The second-order valence-electron chi connectivity index (χ2n) is 8.19. The van der Waals surface area contributed by atoms with Crippen LogP contribution in [0.15, 0.2) is 35.1 Å². The summed E-state index contributed by atoms with van der Waals surface area (Å²) in [6.45, 7) is 2.54. The number of benzene rings is 1. The Morgan fingerprint density at radius 1 is 1.14 bits per heavy atom. The summed E-state index contributed by atoms with van der Waals surface area (Å²) >= 11 is 0. The Morgan fingerprint density at radius 2 is 1.93 bits per heavy atom. The second kappa shape index (κ2) is 7.13. The van der Waals surface area contributed by atoms with Gasteiger partial charge < -0.3 is 4.90 Å². The Labute approximate surface area is 168 Å². The first-order valence-corrected chi connectivity index (χ1v) is 10.5. The number of H-pyrrole nitrogens is 1. The van der Waals surface area contributed by atoms with E-state index >= 15 is 0 Å². The molecule has 1 aliphatic carbocycles. The van der Waals surface area contributed by atoms with Gasteiger partial charge in [-0.25, -0.2) is 4.98 Å². The van der Waals surface area contributed by atoms with E-state index in [4.69, 9.17) is 4.98 Å². The van der Waals surface area contributed by atoms with Gasteiger partial charge in [-0.1, -0.05) is 25.0 Å². The van der Waals surface area contributed by atoms with Gasteiger partial charge >= 0.3 is 0 Å². The molecular weight excluding hydrogens is 366 g/mol. The van der Waals surface area contributed by atoms with Crippen LogP contribution in [0.3, 0.4) is 0 Å². The summed E-state index contributed by atoms with van der Waals surface area (Å²) in [5.74, 6) is 0.635. The molecule has 150 valence electrons. The highest BCUT2D eigenvalue weighted by atomic mass is 16.2. The van der Waals surface area contributed by atoms with Crippen LogP contribution in [0.1, 0.15) is 72.6 Å². The van der Waals surface area contributed by atoms with Crippen LogP contribution in [0.5, 0.6) is 0 Å². The summed E-state index contributed by atoms with van der Waals surface area (Å²) in [7, 11) is 0. The normalized spacial score (nSPS) is 20.0. The predicted molar refractivity (Wildman–Crippen MR) is 110 cm³/mol. The molecule has 2 fully saturated rings. The van der Waals surface area contributed by atoms with Crippen molar-refractivity contribution in [2.24, 2.45) is 0 Å². The molecule has 0 spiro atoms. The molecule has 2 aromatic heterocycles. The zero-order valence-corrected chi connectivity index (χ0v) is 16.6. The van der Waals surface area contributed by atoms with Gasteiger partial charge in [0.15, 0.2) is 0 Å². The molecule has 5 rings (SSSR count). The van der Waals surface area contributed by atoms with Gasteiger partial charge in [-0.15, -0.1) is 0 Å². The molecule has 1 N–H and O–H groups in total. The number of amides is 1. The first kappa shape index (κ1) is 18.1. The van der Waals surface area contributed by atoms with Crippen molar-refractivity contribution in [2.45, 2.75) is 57.5 Å². The van der Waals surface area contributed by atoms with Gasteiger partial charge in [0.2, 0.25) is 0 Å². The van der Waals surface area contributed by atoms with Gasteiger partial charge in [-0.05, 0) is 50.8 Å². The summed E-state index contributed by atoms with van der Waals surface area (Å²) in [6, 6.07) is 9.27. The number of aryl methyl sites for hydroxylation is 1. The average molecular weight is 391 g/mol. The SMILES string of the molecule is Cc1cc(C(=O)N2CCCC2c2nc3ccccc3c(=O)n2C2CCCC2)n[nH]1. The first-order chi connectivity index (χ1) is 14.1. The Hall–Kier alpha value is -2.96. The third kappa shape index (κ3) is 3.05. The Kier molecular flexibility index (Phi) is 4.45. The maximum Gasteiger partial charge on any atom is 0.274 e. The monoisotopic (exact) mass is 391 g/mol. The summed E-state index contributed by atoms with van der Waals surface area (Å²) in [5.41, 5.74) is 2.00. The van der Waals surface area contributed by atoms with E-state index in [0.29, 0.717) is 23.1 Å². The van der Waals surface area contributed by atoms with Crippen LogP contribution in [0.25, 0.3) is 10.9 Å². The molecule has 1 aromatic carbocycles. The highest BCUT2D eigenvalue weighted by molar-refractivity contribution is 5.92. The number of nitrogens with one attached hydrogen (secondary N) is 1. The molecule has 1 unspecified atom stereocenters. The van der Waals surface area contributed by atoms with Crippen LogP contribution in [-0.4, -0.2) is 37.1 Å². The second-order valence-corrected chi connectivity index (χ2v) is 8.19. The Bertz CT molecular complexity index is 1130. The van der Waals surface area contributed by atoms with Crippen molar-refractivity contribution < 1.29 is 4.79 Å². The molecule has 7 heteroatoms. The fraction of sp³-hybridized carbons (Fsp3) is 0.455. The van der Waals surface area contributed by atoms with Crippen molar-refractivity contribution in [1.29, 1.82) is 0 Å².